The van der Waals surface area contributed by atoms with Crippen LogP contribution in [0.4, 0.5) is 17.6 Å². The molecule has 1 amide bonds. The van der Waals surface area contributed by atoms with Gasteiger partial charge in [-0.3, -0.25) is 4.79 Å². The Morgan fingerprint density at radius 1 is 1.12 bits per heavy atom. The summed E-state index contributed by atoms with van der Waals surface area (Å²) >= 11 is 0. The summed E-state index contributed by atoms with van der Waals surface area (Å²) in [6.07, 6.45) is -4.91. The zero-order chi connectivity index (χ0) is 22.6. The predicted molar refractivity (Wildman–Crippen MR) is 103 cm³/mol. The lowest BCUT2D eigenvalue weighted by atomic mass is 10.0. The van der Waals surface area contributed by atoms with Crippen molar-refractivity contribution in [2.45, 2.75) is 31.7 Å². The van der Waals surface area contributed by atoms with E-state index in [1.807, 2.05) is 23.6 Å². The molecular weight excluding hydrogens is 430 g/mol. The number of morpholine rings is 1. The molecule has 2 atom stereocenters. The summed E-state index contributed by atoms with van der Waals surface area (Å²) in [4.78, 5) is 19.1. The van der Waals surface area contributed by atoms with Crippen LogP contribution < -0.4 is 0 Å². The maximum atomic E-state index is 14.7. The van der Waals surface area contributed by atoms with Crippen molar-refractivity contribution in [3.05, 3.63) is 64.9 Å². The molecule has 0 N–H and O–H groups in total. The van der Waals surface area contributed by atoms with Gasteiger partial charge in [0.25, 0.3) is 5.91 Å². The molecular formula is C21H17F4N5O2. The Morgan fingerprint density at radius 3 is 2.66 bits per heavy atom. The number of hydrogen-bond donors (Lipinski definition) is 0. The Kier molecular flexibility index (Phi) is 4.73. The maximum Gasteiger partial charge on any atom is 0.419 e. The Labute approximate surface area is 179 Å². The van der Waals surface area contributed by atoms with Gasteiger partial charge in [0.15, 0.2) is 11.6 Å². The van der Waals surface area contributed by atoms with Gasteiger partial charge in [-0.1, -0.05) is 12.1 Å². The number of aryl methyl sites for hydroxylation is 1. The third kappa shape index (κ3) is 3.24. The monoisotopic (exact) mass is 447 g/mol. The average Bonchev–Trinajstić information content (AvgIpc) is 3.16. The van der Waals surface area contributed by atoms with Crippen molar-refractivity contribution in [3.63, 3.8) is 0 Å². The molecule has 0 radical (unpaired) electrons. The molecule has 1 saturated heterocycles. The van der Waals surface area contributed by atoms with Gasteiger partial charge in [-0.05, 0) is 31.2 Å². The van der Waals surface area contributed by atoms with Crippen LogP contribution >= 0.6 is 0 Å². The van der Waals surface area contributed by atoms with Crippen molar-refractivity contribution in [2.75, 3.05) is 13.2 Å². The largest absolute Gasteiger partial charge is 0.419 e. The molecule has 2 aliphatic heterocycles. The molecule has 32 heavy (non-hydrogen) atoms. The number of carbonyl (C=O) groups excluding carboxylic acids is 1. The van der Waals surface area contributed by atoms with E-state index in [4.69, 9.17) is 4.74 Å². The number of halogens is 4. The molecule has 1 fully saturated rings. The lowest BCUT2D eigenvalue weighted by Crippen LogP contribution is -2.56. The van der Waals surface area contributed by atoms with E-state index in [0.717, 1.165) is 17.8 Å². The van der Waals surface area contributed by atoms with Crippen LogP contribution in [0.15, 0.2) is 36.4 Å². The normalized spacial score (nSPS) is 20.2. The third-order valence-corrected chi connectivity index (χ3v) is 5.67. The van der Waals surface area contributed by atoms with Gasteiger partial charge in [0.2, 0.25) is 0 Å². The average molecular weight is 447 g/mol. The summed E-state index contributed by atoms with van der Waals surface area (Å²) in [5.41, 5.74) is -0.689. The van der Waals surface area contributed by atoms with Crippen LogP contribution in [-0.2, 0) is 17.5 Å². The molecule has 1 unspecified atom stereocenters. The maximum absolute atomic E-state index is 14.7. The second kappa shape index (κ2) is 7.37. The topological polar surface area (TPSA) is 73.1 Å². The molecule has 2 bridgehead atoms. The zero-order valence-electron chi connectivity index (χ0n) is 16.8. The number of benzene rings is 1. The molecule has 5 rings (SSSR count). The second-order valence-electron chi connectivity index (χ2n) is 7.74. The molecule has 11 heteroatoms. The lowest BCUT2D eigenvalue weighted by Gasteiger charge is -2.45. The first kappa shape index (κ1) is 20.6. The molecule has 166 valence electrons. The number of fused-ring (bicyclic) bond motifs is 4. The number of nitrogens with zero attached hydrogens (tertiary/aromatic N) is 5. The Morgan fingerprint density at radius 2 is 1.91 bits per heavy atom. The second-order valence-corrected chi connectivity index (χ2v) is 7.74. The summed E-state index contributed by atoms with van der Waals surface area (Å²) in [5, 5.41) is 8.45. The number of aromatic nitrogens is 4. The third-order valence-electron chi connectivity index (χ3n) is 5.67. The van der Waals surface area contributed by atoms with Gasteiger partial charge < -0.3 is 14.2 Å². The number of ether oxygens (including phenoxy) is 1. The van der Waals surface area contributed by atoms with Crippen LogP contribution in [0.25, 0.3) is 11.5 Å². The van der Waals surface area contributed by atoms with E-state index >= 15 is 0 Å². The van der Waals surface area contributed by atoms with Crippen molar-refractivity contribution in [1.29, 1.82) is 0 Å². The quantitative estimate of drug-likeness (QED) is 0.563. The number of carbonyl (C=O) groups is 1. The van der Waals surface area contributed by atoms with Crippen molar-refractivity contribution in [3.8, 4) is 11.5 Å². The Bertz CT molecular complexity index is 1210. The minimum atomic E-state index is -4.91. The number of pyridine rings is 1. The highest BCUT2D eigenvalue weighted by Gasteiger charge is 2.45. The number of hydrogen-bond acceptors (Lipinski definition) is 5. The van der Waals surface area contributed by atoms with E-state index in [1.54, 1.807) is 6.07 Å². The minimum absolute atomic E-state index is 0.0716. The highest BCUT2D eigenvalue weighted by Crippen LogP contribution is 2.37. The fraction of sp³-hybridized carbons (Fsp3) is 0.333. The highest BCUT2D eigenvalue weighted by molar-refractivity contribution is 5.95. The van der Waals surface area contributed by atoms with Crippen LogP contribution in [0.3, 0.4) is 0 Å². The Hall–Kier alpha value is -3.34. The fourth-order valence-electron chi connectivity index (χ4n) is 4.24. The van der Waals surface area contributed by atoms with Gasteiger partial charge in [-0.25, -0.2) is 9.37 Å². The molecule has 1 aromatic carbocycles. The molecule has 3 aromatic rings. The fourth-order valence-corrected chi connectivity index (χ4v) is 4.24. The SMILES string of the molecule is Cc1cccc(-c2nnc3n2CC2COC[C@H]3N2C(=O)c2cccc(C(F)(F)F)c2F)n1. The molecule has 0 aliphatic carbocycles. The zero-order valence-corrected chi connectivity index (χ0v) is 16.8. The van der Waals surface area contributed by atoms with E-state index in [9.17, 15) is 22.4 Å². The van der Waals surface area contributed by atoms with Gasteiger partial charge in [-0.15, -0.1) is 10.2 Å². The molecule has 0 spiro atoms. The number of alkyl halides is 3. The summed E-state index contributed by atoms with van der Waals surface area (Å²) in [7, 11) is 0. The number of amides is 1. The molecule has 2 aromatic heterocycles. The van der Waals surface area contributed by atoms with E-state index in [-0.39, 0.29) is 19.8 Å². The Balaban J connectivity index is 1.55. The van der Waals surface area contributed by atoms with Gasteiger partial charge >= 0.3 is 6.18 Å². The van der Waals surface area contributed by atoms with Crippen LogP contribution in [0.2, 0.25) is 0 Å². The first-order chi connectivity index (χ1) is 15.3. The molecule has 2 aliphatic rings. The summed E-state index contributed by atoms with van der Waals surface area (Å²) < 4.78 is 61.5. The number of rotatable bonds is 2. The molecule has 7 nitrogen and oxygen atoms in total. The van der Waals surface area contributed by atoms with Crippen molar-refractivity contribution in [1.82, 2.24) is 24.6 Å². The van der Waals surface area contributed by atoms with Crippen LogP contribution in [0.1, 0.15) is 33.5 Å². The van der Waals surface area contributed by atoms with E-state index in [1.165, 1.54) is 4.90 Å². The van der Waals surface area contributed by atoms with Crippen molar-refractivity contribution in [2.24, 2.45) is 0 Å². The smallest absolute Gasteiger partial charge is 0.377 e. The highest BCUT2D eigenvalue weighted by atomic mass is 19.4. The van der Waals surface area contributed by atoms with Gasteiger partial charge in [0.1, 0.15) is 17.6 Å². The predicted octanol–water partition coefficient (Wildman–Crippen LogP) is 3.40. The van der Waals surface area contributed by atoms with Gasteiger partial charge in [0.05, 0.1) is 30.4 Å². The molecule has 0 saturated carbocycles. The van der Waals surface area contributed by atoms with Crippen LogP contribution in [-0.4, -0.2) is 49.8 Å². The van der Waals surface area contributed by atoms with E-state index in [2.05, 4.69) is 15.2 Å². The van der Waals surface area contributed by atoms with Crippen molar-refractivity contribution < 1.29 is 27.1 Å². The minimum Gasteiger partial charge on any atom is -0.377 e. The van der Waals surface area contributed by atoms with Crippen LogP contribution in [0.5, 0.6) is 0 Å². The van der Waals surface area contributed by atoms with E-state index in [0.29, 0.717) is 23.4 Å². The van der Waals surface area contributed by atoms with Gasteiger partial charge in [0, 0.05) is 12.2 Å². The molecule has 4 heterocycles. The lowest BCUT2D eigenvalue weighted by molar-refractivity contribution is -0.140. The van der Waals surface area contributed by atoms with Crippen LogP contribution in [0, 0.1) is 12.7 Å². The van der Waals surface area contributed by atoms with E-state index < -0.39 is 41.1 Å². The standard InChI is InChI=1S/C21H17F4N5O2/c1-11-4-2-7-15(26-11)18-27-28-19-16-10-32-9-12(8-29(18)19)30(16)20(31)13-5-3-6-14(17(13)22)21(23,24)25/h2-7,12,16H,8-10H2,1H3/t12?,16-/m1/s1. The van der Waals surface area contributed by atoms with Gasteiger partial charge in [-0.2, -0.15) is 13.2 Å². The first-order valence-corrected chi connectivity index (χ1v) is 9.89. The summed E-state index contributed by atoms with van der Waals surface area (Å²) in [6, 6.07) is 6.96. The summed E-state index contributed by atoms with van der Waals surface area (Å²) in [6.45, 7) is 2.32. The van der Waals surface area contributed by atoms with Crippen molar-refractivity contribution >= 4 is 5.91 Å². The summed E-state index contributed by atoms with van der Waals surface area (Å²) in [5.74, 6) is -1.48. The first-order valence-electron chi connectivity index (χ1n) is 9.89.